The van der Waals surface area contributed by atoms with Gasteiger partial charge in [-0.2, -0.15) is 0 Å². The van der Waals surface area contributed by atoms with Gasteiger partial charge in [0.2, 0.25) is 0 Å². The van der Waals surface area contributed by atoms with E-state index in [4.69, 9.17) is 4.74 Å². The van der Waals surface area contributed by atoms with Crippen molar-refractivity contribution in [2.24, 2.45) is 0 Å². The predicted octanol–water partition coefficient (Wildman–Crippen LogP) is 3.32. The Balaban J connectivity index is 1.94. The number of hydrogen-bond donors (Lipinski definition) is 0. The zero-order valence-electron chi connectivity index (χ0n) is 15.9. The Kier molecular flexibility index (Phi) is 5.04. The SMILES string of the molecule is C=CCN(Cc1ccccc1)C(=O)C1(C)Oc2ccc(C)cc2N(C)C1=O. The Morgan fingerprint density at radius 3 is 2.63 bits per heavy atom. The summed E-state index contributed by atoms with van der Waals surface area (Å²) in [6, 6.07) is 15.2. The fraction of sp³-hybridized carbons (Fsp3) is 0.273. The fourth-order valence-corrected chi connectivity index (χ4v) is 3.28. The topological polar surface area (TPSA) is 49.9 Å². The first-order valence-corrected chi connectivity index (χ1v) is 8.89. The van der Waals surface area contributed by atoms with Gasteiger partial charge in [0, 0.05) is 20.1 Å². The van der Waals surface area contributed by atoms with Gasteiger partial charge in [0.1, 0.15) is 5.75 Å². The molecule has 2 aromatic rings. The highest BCUT2D eigenvalue weighted by Gasteiger charge is 2.51. The second-order valence-electron chi connectivity index (χ2n) is 6.93. The van der Waals surface area contributed by atoms with Crippen LogP contribution >= 0.6 is 0 Å². The lowest BCUT2D eigenvalue weighted by Crippen LogP contribution is -2.62. The van der Waals surface area contributed by atoms with E-state index < -0.39 is 5.60 Å². The second-order valence-corrected chi connectivity index (χ2v) is 6.93. The molecule has 3 rings (SSSR count). The van der Waals surface area contributed by atoms with Gasteiger partial charge in [-0.15, -0.1) is 6.58 Å². The lowest BCUT2D eigenvalue weighted by molar-refractivity contribution is -0.155. The molecule has 140 valence electrons. The maximum atomic E-state index is 13.4. The van der Waals surface area contributed by atoms with Crippen molar-refractivity contribution in [2.45, 2.75) is 26.0 Å². The molecule has 0 fully saturated rings. The minimum Gasteiger partial charge on any atom is -0.465 e. The summed E-state index contributed by atoms with van der Waals surface area (Å²) in [6.07, 6.45) is 1.65. The van der Waals surface area contributed by atoms with Gasteiger partial charge in [-0.05, 0) is 37.1 Å². The van der Waals surface area contributed by atoms with Crippen molar-refractivity contribution < 1.29 is 14.3 Å². The molecule has 2 aromatic carbocycles. The fourth-order valence-electron chi connectivity index (χ4n) is 3.28. The van der Waals surface area contributed by atoms with Crippen LogP contribution in [0.2, 0.25) is 0 Å². The third kappa shape index (κ3) is 3.45. The highest BCUT2D eigenvalue weighted by Crippen LogP contribution is 2.38. The van der Waals surface area contributed by atoms with Gasteiger partial charge in [0.15, 0.2) is 0 Å². The third-order valence-corrected chi connectivity index (χ3v) is 4.76. The Bertz CT molecular complexity index is 878. The zero-order chi connectivity index (χ0) is 19.6. The van der Waals surface area contributed by atoms with Gasteiger partial charge in [-0.1, -0.05) is 42.5 Å². The van der Waals surface area contributed by atoms with Gasteiger partial charge >= 0.3 is 0 Å². The van der Waals surface area contributed by atoms with E-state index in [1.165, 1.54) is 11.8 Å². The number of carbonyl (C=O) groups is 2. The number of aryl methyl sites for hydroxylation is 1. The molecule has 0 aliphatic carbocycles. The summed E-state index contributed by atoms with van der Waals surface area (Å²) >= 11 is 0. The average Bonchev–Trinajstić information content (AvgIpc) is 2.67. The van der Waals surface area contributed by atoms with Crippen LogP contribution in [0.5, 0.6) is 5.75 Å². The van der Waals surface area contributed by atoms with Crippen LogP contribution in [-0.2, 0) is 16.1 Å². The summed E-state index contributed by atoms with van der Waals surface area (Å²) in [5.74, 6) is -0.237. The Morgan fingerprint density at radius 1 is 1.26 bits per heavy atom. The zero-order valence-corrected chi connectivity index (χ0v) is 15.9. The summed E-state index contributed by atoms with van der Waals surface area (Å²) in [5.41, 5.74) is 1.05. The van der Waals surface area contributed by atoms with E-state index in [1.807, 2.05) is 49.4 Å². The number of benzene rings is 2. The highest BCUT2D eigenvalue weighted by molar-refractivity contribution is 6.16. The molecule has 1 atom stereocenters. The van der Waals surface area contributed by atoms with Crippen molar-refractivity contribution in [3.05, 3.63) is 72.3 Å². The van der Waals surface area contributed by atoms with Crippen molar-refractivity contribution in [2.75, 3.05) is 18.5 Å². The van der Waals surface area contributed by atoms with Crippen molar-refractivity contribution >= 4 is 17.5 Å². The number of anilines is 1. The van der Waals surface area contributed by atoms with Crippen LogP contribution in [0.3, 0.4) is 0 Å². The maximum absolute atomic E-state index is 13.4. The molecule has 0 aromatic heterocycles. The number of nitrogens with zero attached hydrogens (tertiary/aromatic N) is 2. The summed E-state index contributed by atoms with van der Waals surface area (Å²) in [5, 5.41) is 0. The van der Waals surface area contributed by atoms with Crippen LogP contribution in [0.15, 0.2) is 61.2 Å². The standard InChI is InChI=1S/C22H24N2O3/c1-5-13-24(15-17-9-7-6-8-10-17)21(26)22(3)20(25)23(4)18-14-16(2)11-12-19(18)27-22/h5-12,14H,1,13,15H2,2-4H3. The maximum Gasteiger partial charge on any atom is 0.280 e. The number of ether oxygens (including phenoxy) is 1. The van der Waals surface area contributed by atoms with Crippen LogP contribution < -0.4 is 9.64 Å². The Labute approximate surface area is 159 Å². The smallest absolute Gasteiger partial charge is 0.280 e. The summed E-state index contributed by atoms with van der Waals surface area (Å²) in [7, 11) is 1.67. The van der Waals surface area contributed by atoms with Crippen LogP contribution in [-0.4, -0.2) is 35.9 Å². The van der Waals surface area contributed by atoms with Crippen LogP contribution in [0.1, 0.15) is 18.1 Å². The molecular weight excluding hydrogens is 340 g/mol. The number of carbonyl (C=O) groups excluding carboxylic acids is 2. The molecule has 0 spiro atoms. The van der Waals surface area contributed by atoms with Gasteiger partial charge in [-0.3, -0.25) is 9.59 Å². The molecule has 1 aliphatic rings. The first-order chi connectivity index (χ1) is 12.9. The van der Waals surface area contributed by atoms with E-state index in [9.17, 15) is 9.59 Å². The van der Waals surface area contributed by atoms with E-state index in [0.717, 1.165) is 11.1 Å². The highest BCUT2D eigenvalue weighted by atomic mass is 16.5. The number of rotatable bonds is 5. The van der Waals surface area contributed by atoms with Crippen LogP contribution in [0.4, 0.5) is 5.69 Å². The third-order valence-electron chi connectivity index (χ3n) is 4.76. The summed E-state index contributed by atoms with van der Waals surface area (Å²) in [6.45, 7) is 7.93. The van der Waals surface area contributed by atoms with Gasteiger partial charge in [-0.25, -0.2) is 0 Å². The monoisotopic (exact) mass is 364 g/mol. The molecule has 0 saturated heterocycles. The largest absolute Gasteiger partial charge is 0.465 e. The molecule has 2 amide bonds. The second kappa shape index (κ2) is 7.27. The summed E-state index contributed by atoms with van der Waals surface area (Å²) in [4.78, 5) is 29.5. The van der Waals surface area contributed by atoms with Gasteiger partial charge in [0.05, 0.1) is 5.69 Å². The number of likely N-dealkylation sites (N-methyl/N-ethyl adjacent to an activating group) is 1. The molecule has 0 N–H and O–H groups in total. The first kappa shape index (κ1) is 18.7. The molecule has 5 nitrogen and oxygen atoms in total. The van der Waals surface area contributed by atoms with E-state index in [-0.39, 0.29) is 11.8 Å². The van der Waals surface area contributed by atoms with Crippen molar-refractivity contribution in [3.63, 3.8) is 0 Å². The van der Waals surface area contributed by atoms with Crippen LogP contribution in [0.25, 0.3) is 0 Å². The molecule has 1 aliphatic heterocycles. The minimum atomic E-state index is -1.62. The van der Waals surface area contributed by atoms with Crippen molar-refractivity contribution in [1.82, 2.24) is 4.90 Å². The van der Waals surface area contributed by atoms with E-state index in [0.29, 0.717) is 24.5 Å². The molecule has 0 saturated carbocycles. The number of fused-ring (bicyclic) bond motifs is 1. The lowest BCUT2D eigenvalue weighted by Gasteiger charge is -2.40. The first-order valence-electron chi connectivity index (χ1n) is 8.89. The minimum absolute atomic E-state index is 0.324. The van der Waals surface area contributed by atoms with Crippen molar-refractivity contribution in [3.8, 4) is 5.75 Å². The molecule has 27 heavy (non-hydrogen) atoms. The van der Waals surface area contributed by atoms with E-state index in [1.54, 1.807) is 24.1 Å². The molecule has 1 unspecified atom stereocenters. The molecule has 0 bridgehead atoms. The Hall–Kier alpha value is -3.08. The lowest BCUT2D eigenvalue weighted by atomic mass is 9.98. The molecular formula is C22H24N2O3. The predicted molar refractivity (Wildman–Crippen MR) is 106 cm³/mol. The number of amides is 2. The van der Waals surface area contributed by atoms with Crippen molar-refractivity contribution in [1.29, 1.82) is 0 Å². The molecule has 5 heteroatoms. The van der Waals surface area contributed by atoms with E-state index in [2.05, 4.69) is 6.58 Å². The van der Waals surface area contributed by atoms with Gasteiger partial charge in [0.25, 0.3) is 17.4 Å². The van der Waals surface area contributed by atoms with Gasteiger partial charge < -0.3 is 14.5 Å². The van der Waals surface area contributed by atoms with E-state index >= 15 is 0 Å². The molecule has 0 radical (unpaired) electrons. The van der Waals surface area contributed by atoms with Crippen LogP contribution in [0, 0.1) is 6.92 Å². The molecule has 1 heterocycles. The number of hydrogen-bond acceptors (Lipinski definition) is 3. The quantitative estimate of drug-likeness (QED) is 0.604. The normalized spacial score (nSPS) is 18.5. The average molecular weight is 364 g/mol. The summed E-state index contributed by atoms with van der Waals surface area (Å²) < 4.78 is 5.97. The Morgan fingerprint density at radius 2 is 1.96 bits per heavy atom.